The molecule has 1 N–H and O–H groups in total. The van der Waals surface area contributed by atoms with Crippen LogP contribution in [0.5, 0.6) is 0 Å². The zero-order valence-electron chi connectivity index (χ0n) is 19.2. The Hall–Kier alpha value is -2.21. The van der Waals surface area contributed by atoms with E-state index >= 15 is 0 Å². The number of hydrogen-bond acceptors (Lipinski definition) is 4. The van der Waals surface area contributed by atoms with Crippen LogP contribution < -0.4 is 9.62 Å². The number of carbonyl (C=O) groups is 2. The van der Waals surface area contributed by atoms with E-state index in [9.17, 15) is 22.4 Å². The molecular formula is C24H29FIN3O4S. The number of sulfonamides is 1. The highest BCUT2D eigenvalue weighted by molar-refractivity contribution is 14.1. The van der Waals surface area contributed by atoms with Crippen LogP contribution in [0.3, 0.4) is 0 Å². The number of nitrogens with one attached hydrogen (secondary N) is 1. The SMILES string of the molecule is CC(C(=O)NC1CCCC1)N(Cc1ccccc1F)C(=O)CN(c1ccc(I)cc1)S(C)(=O)=O. The van der Waals surface area contributed by atoms with E-state index in [0.717, 1.165) is 39.8 Å². The van der Waals surface area contributed by atoms with Gasteiger partial charge >= 0.3 is 0 Å². The first kappa shape index (κ1) is 26.4. The number of carbonyl (C=O) groups excluding carboxylic acids is 2. The average Bonchev–Trinajstić information content (AvgIpc) is 3.29. The Labute approximate surface area is 213 Å². The molecule has 0 spiro atoms. The minimum Gasteiger partial charge on any atom is -0.352 e. The Balaban J connectivity index is 1.88. The molecule has 1 fully saturated rings. The van der Waals surface area contributed by atoms with E-state index in [-0.39, 0.29) is 24.1 Å². The first-order valence-corrected chi connectivity index (χ1v) is 14.1. The van der Waals surface area contributed by atoms with Crippen molar-refractivity contribution in [3.8, 4) is 0 Å². The lowest BCUT2D eigenvalue weighted by atomic mass is 10.1. The Morgan fingerprint density at radius 2 is 1.74 bits per heavy atom. The summed E-state index contributed by atoms with van der Waals surface area (Å²) in [6.45, 7) is 0.919. The van der Waals surface area contributed by atoms with E-state index in [4.69, 9.17) is 0 Å². The van der Waals surface area contributed by atoms with Gasteiger partial charge in [0.25, 0.3) is 0 Å². The quantitative estimate of drug-likeness (QED) is 0.445. The highest BCUT2D eigenvalue weighted by atomic mass is 127. The van der Waals surface area contributed by atoms with E-state index in [2.05, 4.69) is 27.9 Å². The maximum absolute atomic E-state index is 14.4. The normalized spacial score (nSPS) is 15.1. The summed E-state index contributed by atoms with van der Waals surface area (Å²) in [4.78, 5) is 27.7. The van der Waals surface area contributed by atoms with Gasteiger partial charge in [0, 0.05) is 21.7 Å². The highest BCUT2D eigenvalue weighted by Gasteiger charge is 2.31. The molecule has 0 bridgehead atoms. The number of nitrogens with zero attached hydrogens (tertiary/aromatic N) is 2. The number of halogens is 2. The van der Waals surface area contributed by atoms with Crippen LogP contribution in [0.15, 0.2) is 48.5 Å². The van der Waals surface area contributed by atoms with Gasteiger partial charge in [-0.2, -0.15) is 0 Å². The second kappa shape index (κ2) is 11.5. The standard InChI is InChI=1S/C24H29FIN3O4S/c1-17(24(31)27-20-8-4-5-9-20)28(15-18-7-3-6-10-22(18)25)23(30)16-29(34(2,32)33)21-13-11-19(26)12-14-21/h3,6-7,10-14,17,20H,4-5,8-9,15-16H2,1-2H3,(H,27,31). The third-order valence-electron chi connectivity index (χ3n) is 5.96. The molecule has 0 aliphatic heterocycles. The first-order chi connectivity index (χ1) is 16.1. The van der Waals surface area contributed by atoms with Crippen molar-refractivity contribution in [3.05, 3.63) is 63.5 Å². The van der Waals surface area contributed by atoms with Crippen molar-refractivity contribution in [1.82, 2.24) is 10.2 Å². The summed E-state index contributed by atoms with van der Waals surface area (Å²) in [5.74, 6) is -1.43. The van der Waals surface area contributed by atoms with Gasteiger partial charge < -0.3 is 10.2 Å². The van der Waals surface area contributed by atoms with Gasteiger partial charge in [-0.15, -0.1) is 0 Å². The summed E-state index contributed by atoms with van der Waals surface area (Å²) in [6.07, 6.45) is 4.87. The fourth-order valence-corrected chi connectivity index (χ4v) is 5.21. The minimum absolute atomic E-state index is 0.0553. The number of amides is 2. The molecule has 2 amide bonds. The van der Waals surface area contributed by atoms with Gasteiger partial charge in [-0.3, -0.25) is 13.9 Å². The molecule has 1 aliphatic carbocycles. The molecule has 3 rings (SSSR count). The van der Waals surface area contributed by atoms with Crippen molar-refractivity contribution in [1.29, 1.82) is 0 Å². The van der Waals surface area contributed by atoms with E-state index in [1.54, 1.807) is 49.4 Å². The monoisotopic (exact) mass is 601 g/mol. The fraction of sp³-hybridized carbons (Fsp3) is 0.417. The Morgan fingerprint density at radius 1 is 1.12 bits per heavy atom. The Kier molecular flexibility index (Phi) is 8.91. The van der Waals surface area contributed by atoms with Crippen molar-refractivity contribution < 1.29 is 22.4 Å². The first-order valence-electron chi connectivity index (χ1n) is 11.1. The summed E-state index contributed by atoms with van der Waals surface area (Å²) >= 11 is 2.11. The van der Waals surface area contributed by atoms with Crippen LogP contribution in [0.2, 0.25) is 0 Å². The van der Waals surface area contributed by atoms with E-state index < -0.39 is 34.3 Å². The molecule has 184 valence electrons. The lowest BCUT2D eigenvalue weighted by Crippen LogP contribution is -2.52. The number of hydrogen-bond donors (Lipinski definition) is 1. The van der Waals surface area contributed by atoms with Crippen molar-refractivity contribution in [2.75, 3.05) is 17.1 Å². The number of anilines is 1. The minimum atomic E-state index is -3.80. The molecule has 7 nitrogen and oxygen atoms in total. The van der Waals surface area contributed by atoms with Gasteiger partial charge in [0.15, 0.2) is 0 Å². The number of benzene rings is 2. The van der Waals surface area contributed by atoms with Crippen LogP contribution in [0.25, 0.3) is 0 Å². The second-order valence-electron chi connectivity index (χ2n) is 8.53. The lowest BCUT2D eigenvalue weighted by Gasteiger charge is -2.32. The zero-order chi connectivity index (χ0) is 24.9. The smallest absolute Gasteiger partial charge is 0.244 e. The fourth-order valence-electron chi connectivity index (χ4n) is 4.01. The Morgan fingerprint density at radius 3 is 2.32 bits per heavy atom. The van der Waals surface area contributed by atoms with Crippen molar-refractivity contribution in [2.24, 2.45) is 0 Å². The molecule has 34 heavy (non-hydrogen) atoms. The number of rotatable bonds is 9. The van der Waals surface area contributed by atoms with Gasteiger partial charge in [0.05, 0.1) is 11.9 Å². The van der Waals surface area contributed by atoms with E-state index in [0.29, 0.717) is 5.69 Å². The molecule has 1 atom stereocenters. The van der Waals surface area contributed by atoms with Gasteiger partial charge in [0.1, 0.15) is 18.4 Å². The molecule has 0 aromatic heterocycles. The molecular weight excluding hydrogens is 572 g/mol. The molecule has 0 heterocycles. The van der Waals surface area contributed by atoms with Crippen molar-refractivity contribution >= 4 is 50.1 Å². The van der Waals surface area contributed by atoms with Gasteiger partial charge in [-0.1, -0.05) is 31.0 Å². The zero-order valence-corrected chi connectivity index (χ0v) is 22.2. The molecule has 1 aliphatic rings. The summed E-state index contributed by atoms with van der Waals surface area (Å²) < 4.78 is 41.4. The van der Waals surface area contributed by atoms with Gasteiger partial charge in [-0.05, 0) is 72.7 Å². The lowest BCUT2D eigenvalue weighted by molar-refractivity contribution is -0.139. The highest BCUT2D eigenvalue weighted by Crippen LogP contribution is 2.22. The van der Waals surface area contributed by atoms with Crippen LogP contribution in [-0.2, 0) is 26.2 Å². The Bertz CT molecular complexity index is 1120. The summed E-state index contributed by atoms with van der Waals surface area (Å²) in [5.41, 5.74) is 0.585. The van der Waals surface area contributed by atoms with Crippen LogP contribution in [0.1, 0.15) is 38.2 Å². The molecule has 2 aromatic rings. The average molecular weight is 601 g/mol. The third kappa shape index (κ3) is 6.91. The summed E-state index contributed by atoms with van der Waals surface area (Å²) in [7, 11) is -3.80. The van der Waals surface area contributed by atoms with Crippen LogP contribution in [0, 0.1) is 9.39 Å². The largest absolute Gasteiger partial charge is 0.352 e. The third-order valence-corrected chi connectivity index (χ3v) is 7.82. The van der Waals surface area contributed by atoms with Gasteiger partial charge in [0.2, 0.25) is 21.8 Å². The van der Waals surface area contributed by atoms with Crippen molar-refractivity contribution in [3.63, 3.8) is 0 Å². The molecule has 2 aromatic carbocycles. The van der Waals surface area contributed by atoms with Crippen LogP contribution in [-0.4, -0.2) is 50.0 Å². The maximum atomic E-state index is 14.4. The maximum Gasteiger partial charge on any atom is 0.244 e. The predicted molar refractivity (Wildman–Crippen MR) is 138 cm³/mol. The molecule has 1 unspecified atom stereocenters. The summed E-state index contributed by atoms with van der Waals surface area (Å²) in [6, 6.07) is 11.9. The van der Waals surface area contributed by atoms with Crippen LogP contribution in [0.4, 0.5) is 10.1 Å². The summed E-state index contributed by atoms with van der Waals surface area (Å²) in [5, 5.41) is 2.98. The second-order valence-corrected chi connectivity index (χ2v) is 11.7. The van der Waals surface area contributed by atoms with Gasteiger partial charge in [-0.25, -0.2) is 12.8 Å². The molecule has 10 heteroatoms. The molecule has 0 radical (unpaired) electrons. The van der Waals surface area contributed by atoms with E-state index in [1.165, 1.54) is 11.0 Å². The van der Waals surface area contributed by atoms with E-state index in [1.807, 2.05) is 0 Å². The predicted octanol–water partition coefficient (Wildman–Crippen LogP) is 3.67. The topological polar surface area (TPSA) is 86.8 Å². The molecule has 1 saturated carbocycles. The van der Waals surface area contributed by atoms with Crippen LogP contribution >= 0.6 is 22.6 Å². The van der Waals surface area contributed by atoms with Crippen molar-refractivity contribution in [2.45, 2.75) is 51.2 Å². The molecule has 0 saturated heterocycles.